The normalized spacial score (nSPS) is 10.1. The molecule has 132 valence electrons. The molecule has 0 aliphatic rings. The molecule has 0 saturated heterocycles. The molecule has 2 aromatic rings. The number of hydrogen-bond donors (Lipinski definition) is 1. The van der Waals surface area contributed by atoms with E-state index in [9.17, 15) is 0 Å². The molecule has 0 spiro atoms. The lowest BCUT2D eigenvalue weighted by Gasteiger charge is -2.14. The summed E-state index contributed by atoms with van der Waals surface area (Å²) in [6, 6.07) is 13.8. The molecule has 4 nitrogen and oxygen atoms in total. The second-order valence-electron chi connectivity index (χ2n) is 5.05. The molecule has 0 amide bonds. The molecule has 0 radical (unpaired) electrons. The summed E-state index contributed by atoms with van der Waals surface area (Å²) in [5.41, 5.74) is 2.12. The Kier molecular flexibility index (Phi) is 9.57. The van der Waals surface area contributed by atoms with Crippen molar-refractivity contribution in [3.8, 4) is 11.5 Å². The molecule has 0 aromatic heterocycles. The molecule has 2 rings (SSSR count). The van der Waals surface area contributed by atoms with Crippen molar-refractivity contribution in [3.63, 3.8) is 0 Å². The van der Waals surface area contributed by atoms with Crippen molar-refractivity contribution in [1.29, 1.82) is 0 Å². The van der Waals surface area contributed by atoms with Crippen LogP contribution in [0.25, 0.3) is 0 Å². The Morgan fingerprint density at radius 2 is 1.79 bits per heavy atom. The third-order valence-corrected chi connectivity index (χ3v) is 3.61. The first-order chi connectivity index (χ1) is 11.2. The summed E-state index contributed by atoms with van der Waals surface area (Å²) in [6.07, 6.45) is 0. The fourth-order valence-electron chi connectivity index (χ4n) is 2.15. The highest BCUT2D eigenvalue weighted by Crippen LogP contribution is 2.36. The van der Waals surface area contributed by atoms with Gasteiger partial charge in [-0.05, 0) is 23.3 Å². The van der Waals surface area contributed by atoms with Gasteiger partial charge in [-0.25, -0.2) is 0 Å². The number of nitrogens with one attached hydrogen (secondary N) is 1. The zero-order chi connectivity index (χ0) is 16.5. The molecule has 0 saturated carbocycles. The summed E-state index contributed by atoms with van der Waals surface area (Å²) in [5.74, 6) is 1.20. The van der Waals surface area contributed by atoms with Crippen molar-refractivity contribution in [3.05, 3.63) is 58.6 Å². The minimum atomic E-state index is 0. The molecule has 0 bridgehead atoms. The van der Waals surface area contributed by atoms with Crippen molar-refractivity contribution in [2.45, 2.75) is 13.2 Å². The van der Waals surface area contributed by atoms with Gasteiger partial charge in [-0.1, -0.05) is 41.9 Å². The number of methoxy groups -OCH3 is 2. The van der Waals surface area contributed by atoms with Crippen LogP contribution in [-0.2, 0) is 17.9 Å². The largest absolute Gasteiger partial charge is 0.493 e. The van der Waals surface area contributed by atoms with E-state index in [2.05, 4.69) is 5.32 Å². The Balaban J connectivity index is 0.00000288. The molecule has 0 fully saturated rings. The average Bonchev–Trinajstić information content (AvgIpc) is 2.58. The second-order valence-corrected chi connectivity index (χ2v) is 5.46. The molecule has 1 N–H and O–H groups in total. The molecule has 0 unspecified atom stereocenters. The second kappa shape index (κ2) is 11.2. The molecule has 0 aliphatic carbocycles. The lowest BCUT2D eigenvalue weighted by atomic mass is 10.2. The molecular formula is C18H23Cl2NO3. The van der Waals surface area contributed by atoms with E-state index >= 15 is 0 Å². The topological polar surface area (TPSA) is 39.7 Å². The van der Waals surface area contributed by atoms with Crippen molar-refractivity contribution in [2.75, 3.05) is 27.4 Å². The van der Waals surface area contributed by atoms with Crippen molar-refractivity contribution in [1.82, 2.24) is 5.32 Å². The highest BCUT2D eigenvalue weighted by molar-refractivity contribution is 6.32. The van der Waals surface area contributed by atoms with Gasteiger partial charge in [0.2, 0.25) is 0 Å². The molecule has 0 aliphatic heterocycles. The van der Waals surface area contributed by atoms with E-state index in [1.165, 1.54) is 0 Å². The predicted molar refractivity (Wildman–Crippen MR) is 99.6 cm³/mol. The zero-order valence-electron chi connectivity index (χ0n) is 13.9. The van der Waals surface area contributed by atoms with Crippen LogP contribution in [0.15, 0.2) is 42.5 Å². The first kappa shape index (κ1) is 20.6. The van der Waals surface area contributed by atoms with Gasteiger partial charge in [0.05, 0.1) is 18.7 Å². The maximum Gasteiger partial charge on any atom is 0.180 e. The van der Waals surface area contributed by atoms with E-state index in [1.807, 2.05) is 42.5 Å². The Morgan fingerprint density at radius 1 is 1.04 bits per heavy atom. The van der Waals surface area contributed by atoms with Gasteiger partial charge >= 0.3 is 0 Å². The number of benzene rings is 2. The Bertz CT molecular complexity index is 609. The summed E-state index contributed by atoms with van der Waals surface area (Å²) in [5, 5.41) is 3.82. The van der Waals surface area contributed by atoms with Crippen LogP contribution in [0.4, 0.5) is 0 Å². The lowest BCUT2D eigenvalue weighted by molar-refractivity contribution is 0.199. The summed E-state index contributed by atoms with van der Waals surface area (Å²) >= 11 is 6.36. The minimum Gasteiger partial charge on any atom is -0.493 e. The minimum absolute atomic E-state index is 0. The smallest absolute Gasteiger partial charge is 0.180 e. The van der Waals surface area contributed by atoms with Crippen LogP contribution in [0, 0.1) is 0 Å². The van der Waals surface area contributed by atoms with E-state index in [1.54, 1.807) is 14.2 Å². The maximum absolute atomic E-state index is 6.36. The Labute approximate surface area is 154 Å². The molecule has 0 heterocycles. The van der Waals surface area contributed by atoms with E-state index < -0.39 is 0 Å². The summed E-state index contributed by atoms with van der Waals surface area (Å²) in [7, 11) is 3.30. The van der Waals surface area contributed by atoms with Gasteiger partial charge < -0.3 is 19.5 Å². The summed E-state index contributed by atoms with van der Waals surface area (Å²) in [4.78, 5) is 0. The van der Waals surface area contributed by atoms with Gasteiger partial charge in [0, 0.05) is 20.2 Å². The fraction of sp³-hybridized carbons (Fsp3) is 0.333. The number of ether oxygens (including phenoxy) is 3. The van der Waals surface area contributed by atoms with Gasteiger partial charge in [-0.15, -0.1) is 12.4 Å². The van der Waals surface area contributed by atoms with Gasteiger partial charge in [0.1, 0.15) is 6.61 Å². The Hall–Kier alpha value is -1.46. The molecule has 6 heteroatoms. The lowest BCUT2D eigenvalue weighted by Crippen LogP contribution is -2.18. The third kappa shape index (κ3) is 6.21. The zero-order valence-corrected chi connectivity index (χ0v) is 15.5. The van der Waals surface area contributed by atoms with Crippen LogP contribution in [0.2, 0.25) is 5.02 Å². The summed E-state index contributed by atoms with van der Waals surface area (Å²) in [6.45, 7) is 2.59. The van der Waals surface area contributed by atoms with Crippen molar-refractivity contribution >= 4 is 24.0 Å². The van der Waals surface area contributed by atoms with Crippen LogP contribution in [0.5, 0.6) is 11.5 Å². The van der Waals surface area contributed by atoms with Gasteiger partial charge in [0.25, 0.3) is 0 Å². The van der Waals surface area contributed by atoms with Crippen molar-refractivity contribution < 1.29 is 14.2 Å². The van der Waals surface area contributed by atoms with Crippen LogP contribution in [0.1, 0.15) is 11.1 Å². The summed E-state index contributed by atoms with van der Waals surface area (Å²) < 4.78 is 16.3. The van der Waals surface area contributed by atoms with E-state index in [-0.39, 0.29) is 12.4 Å². The predicted octanol–water partition coefficient (Wildman–Crippen LogP) is 4.09. The fourth-order valence-corrected chi connectivity index (χ4v) is 2.44. The van der Waals surface area contributed by atoms with Crippen LogP contribution in [-0.4, -0.2) is 27.4 Å². The quantitative estimate of drug-likeness (QED) is 0.674. The van der Waals surface area contributed by atoms with E-state index in [0.29, 0.717) is 36.3 Å². The van der Waals surface area contributed by atoms with E-state index in [4.69, 9.17) is 25.8 Å². The van der Waals surface area contributed by atoms with Crippen LogP contribution in [0.3, 0.4) is 0 Å². The van der Waals surface area contributed by atoms with Gasteiger partial charge in [0.15, 0.2) is 11.5 Å². The SMILES string of the molecule is COCCNCc1cc(Cl)c(OCc2ccccc2)c(OC)c1.Cl. The number of halogens is 2. The molecule has 2 aromatic carbocycles. The van der Waals surface area contributed by atoms with Gasteiger partial charge in [-0.3, -0.25) is 0 Å². The highest BCUT2D eigenvalue weighted by Gasteiger charge is 2.12. The third-order valence-electron chi connectivity index (χ3n) is 3.33. The first-order valence-corrected chi connectivity index (χ1v) is 7.85. The maximum atomic E-state index is 6.36. The number of hydrogen-bond acceptors (Lipinski definition) is 4. The van der Waals surface area contributed by atoms with Crippen LogP contribution >= 0.6 is 24.0 Å². The van der Waals surface area contributed by atoms with E-state index in [0.717, 1.165) is 17.7 Å². The molecule has 0 atom stereocenters. The monoisotopic (exact) mass is 371 g/mol. The average molecular weight is 372 g/mol. The Morgan fingerprint density at radius 3 is 2.46 bits per heavy atom. The van der Waals surface area contributed by atoms with Crippen LogP contribution < -0.4 is 14.8 Å². The van der Waals surface area contributed by atoms with Crippen molar-refractivity contribution in [2.24, 2.45) is 0 Å². The number of rotatable bonds is 9. The first-order valence-electron chi connectivity index (χ1n) is 7.47. The molecule has 24 heavy (non-hydrogen) atoms. The molecular weight excluding hydrogens is 349 g/mol. The van der Waals surface area contributed by atoms with Gasteiger partial charge in [-0.2, -0.15) is 0 Å². The standard InChI is InChI=1S/C18H22ClNO3.ClH/c1-21-9-8-20-12-15-10-16(19)18(17(11-15)22-2)23-13-14-6-4-3-5-7-14;/h3-7,10-11,20H,8-9,12-13H2,1-2H3;1H. The highest BCUT2D eigenvalue weighted by atomic mass is 35.5.